The number of hydrogen-bond acceptors (Lipinski definition) is 2. The summed E-state index contributed by atoms with van der Waals surface area (Å²) >= 11 is 3.12. The van der Waals surface area contributed by atoms with Gasteiger partial charge in [-0.05, 0) is 59.2 Å². The molecule has 0 aromatic heterocycles. The van der Waals surface area contributed by atoms with Gasteiger partial charge >= 0.3 is 0 Å². The van der Waals surface area contributed by atoms with Crippen molar-refractivity contribution in [2.75, 3.05) is 7.05 Å². The van der Waals surface area contributed by atoms with E-state index in [1.54, 1.807) is 12.1 Å². The maximum atomic E-state index is 13.4. The zero-order chi connectivity index (χ0) is 13.8. The van der Waals surface area contributed by atoms with E-state index in [-0.39, 0.29) is 5.82 Å². The number of ether oxygens (including phenoxy) is 1. The van der Waals surface area contributed by atoms with Crippen LogP contribution in [0.25, 0.3) is 0 Å². The monoisotopic (exact) mass is 323 g/mol. The van der Waals surface area contributed by atoms with Crippen molar-refractivity contribution >= 4 is 15.9 Å². The third-order valence-corrected chi connectivity index (χ3v) is 3.38. The molecular weight excluding hydrogens is 309 g/mol. The van der Waals surface area contributed by atoms with Crippen LogP contribution in [-0.2, 0) is 6.54 Å². The zero-order valence-electron chi connectivity index (χ0n) is 10.8. The number of nitrogens with one attached hydrogen (secondary N) is 1. The maximum Gasteiger partial charge on any atom is 0.141 e. The number of benzene rings is 2. The van der Waals surface area contributed by atoms with Gasteiger partial charge in [0.25, 0.3) is 0 Å². The predicted molar refractivity (Wildman–Crippen MR) is 78.1 cm³/mol. The highest BCUT2D eigenvalue weighted by molar-refractivity contribution is 9.10. The SMILES string of the molecule is CNCc1ccc(Oc2ccc(Br)c(F)c2)c(C)c1. The molecule has 2 aromatic rings. The first-order chi connectivity index (χ1) is 9.10. The Morgan fingerprint density at radius 3 is 2.63 bits per heavy atom. The zero-order valence-corrected chi connectivity index (χ0v) is 12.4. The average molecular weight is 324 g/mol. The van der Waals surface area contributed by atoms with Crippen LogP contribution in [0, 0.1) is 12.7 Å². The molecule has 19 heavy (non-hydrogen) atoms. The molecule has 0 aliphatic carbocycles. The Balaban J connectivity index is 2.20. The van der Waals surface area contributed by atoms with Gasteiger partial charge in [-0.2, -0.15) is 0 Å². The molecular formula is C15H15BrFNO. The minimum absolute atomic E-state index is 0.332. The Labute approximate surface area is 120 Å². The second-order valence-corrected chi connectivity index (χ2v) is 5.16. The Morgan fingerprint density at radius 1 is 1.21 bits per heavy atom. The molecule has 100 valence electrons. The Kier molecular flexibility index (Phi) is 4.56. The molecule has 4 heteroatoms. The van der Waals surface area contributed by atoms with Crippen LogP contribution >= 0.6 is 15.9 Å². The fourth-order valence-electron chi connectivity index (χ4n) is 1.81. The summed E-state index contributed by atoms with van der Waals surface area (Å²) in [6.07, 6.45) is 0. The molecule has 0 amide bonds. The summed E-state index contributed by atoms with van der Waals surface area (Å²) in [7, 11) is 1.91. The number of rotatable bonds is 4. The number of halogens is 2. The average Bonchev–Trinajstić information content (AvgIpc) is 2.37. The highest BCUT2D eigenvalue weighted by Gasteiger charge is 2.05. The van der Waals surface area contributed by atoms with Crippen LogP contribution in [0.2, 0.25) is 0 Å². The van der Waals surface area contributed by atoms with Gasteiger partial charge in [-0.1, -0.05) is 12.1 Å². The molecule has 1 N–H and O–H groups in total. The first kappa shape index (κ1) is 14.0. The molecule has 0 fully saturated rings. The largest absolute Gasteiger partial charge is 0.457 e. The first-order valence-electron chi connectivity index (χ1n) is 5.97. The Hall–Kier alpha value is -1.39. The Bertz CT molecular complexity index is 586. The summed E-state index contributed by atoms with van der Waals surface area (Å²) in [6.45, 7) is 2.79. The summed E-state index contributed by atoms with van der Waals surface area (Å²) in [6, 6.07) is 10.7. The van der Waals surface area contributed by atoms with Crippen molar-refractivity contribution in [3.63, 3.8) is 0 Å². The molecule has 0 unspecified atom stereocenters. The van der Waals surface area contributed by atoms with Gasteiger partial charge in [0, 0.05) is 12.6 Å². The minimum atomic E-state index is -0.332. The normalized spacial score (nSPS) is 10.5. The van der Waals surface area contributed by atoms with E-state index in [0.29, 0.717) is 10.2 Å². The third-order valence-electron chi connectivity index (χ3n) is 2.74. The standard InChI is InChI=1S/C15H15BrFNO/c1-10-7-11(9-18-2)3-6-15(10)19-12-4-5-13(16)14(17)8-12/h3-8,18H,9H2,1-2H3. The topological polar surface area (TPSA) is 21.3 Å². The highest BCUT2D eigenvalue weighted by Crippen LogP contribution is 2.28. The lowest BCUT2D eigenvalue weighted by atomic mass is 10.1. The predicted octanol–water partition coefficient (Wildman–Crippen LogP) is 4.41. The lowest BCUT2D eigenvalue weighted by molar-refractivity contribution is 0.472. The summed E-state index contributed by atoms with van der Waals surface area (Å²) in [5.74, 6) is 0.897. The van der Waals surface area contributed by atoms with Gasteiger partial charge in [0.2, 0.25) is 0 Å². The van der Waals surface area contributed by atoms with Crippen LogP contribution < -0.4 is 10.1 Å². The van der Waals surface area contributed by atoms with E-state index in [1.807, 2.05) is 26.1 Å². The van der Waals surface area contributed by atoms with Gasteiger partial charge in [0.1, 0.15) is 17.3 Å². The number of hydrogen-bond donors (Lipinski definition) is 1. The van der Waals surface area contributed by atoms with Crippen LogP contribution in [0.15, 0.2) is 40.9 Å². The van der Waals surface area contributed by atoms with E-state index in [2.05, 4.69) is 27.3 Å². The summed E-state index contributed by atoms with van der Waals surface area (Å²) in [5.41, 5.74) is 2.21. The van der Waals surface area contributed by atoms with Crippen molar-refractivity contribution in [2.24, 2.45) is 0 Å². The van der Waals surface area contributed by atoms with Gasteiger partial charge in [-0.15, -0.1) is 0 Å². The molecule has 0 saturated carbocycles. The quantitative estimate of drug-likeness (QED) is 0.899. The summed E-state index contributed by atoms with van der Waals surface area (Å²) in [5, 5.41) is 3.10. The molecule has 2 rings (SSSR count). The van der Waals surface area contributed by atoms with Crippen LogP contribution in [0.5, 0.6) is 11.5 Å². The molecule has 2 aromatic carbocycles. The van der Waals surface area contributed by atoms with Gasteiger partial charge in [0.05, 0.1) is 4.47 Å². The third kappa shape index (κ3) is 3.55. The van der Waals surface area contributed by atoms with E-state index < -0.39 is 0 Å². The highest BCUT2D eigenvalue weighted by atomic mass is 79.9. The molecule has 0 radical (unpaired) electrons. The summed E-state index contributed by atoms with van der Waals surface area (Å²) < 4.78 is 19.5. The second kappa shape index (κ2) is 6.17. The van der Waals surface area contributed by atoms with Gasteiger partial charge in [0.15, 0.2) is 0 Å². The fraction of sp³-hybridized carbons (Fsp3) is 0.200. The smallest absolute Gasteiger partial charge is 0.141 e. The van der Waals surface area contributed by atoms with Crippen LogP contribution in [-0.4, -0.2) is 7.05 Å². The minimum Gasteiger partial charge on any atom is -0.457 e. The van der Waals surface area contributed by atoms with Crippen LogP contribution in [0.4, 0.5) is 4.39 Å². The van der Waals surface area contributed by atoms with Crippen molar-refractivity contribution in [1.29, 1.82) is 0 Å². The van der Waals surface area contributed by atoms with E-state index in [0.717, 1.165) is 17.9 Å². The molecule has 0 aliphatic heterocycles. The van der Waals surface area contributed by atoms with E-state index in [1.165, 1.54) is 11.6 Å². The maximum absolute atomic E-state index is 13.4. The molecule has 0 heterocycles. The molecule has 2 nitrogen and oxygen atoms in total. The number of aryl methyl sites for hydroxylation is 1. The van der Waals surface area contributed by atoms with Gasteiger partial charge < -0.3 is 10.1 Å². The van der Waals surface area contributed by atoms with Crippen LogP contribution in [0.3, 0.4) is 0 Å². The van der Waals surface area contributed by atoms with E-state index >= 15 is 0 Å². The molecule has 0 saturated heterocycles. The van der Waals surface area contributed by atoms with E-state index in [4.69, 9.17) is 4.74 Å². The van der Waals surface area contributed by atoms with Gasteiger partial charge in [-0.3, -0.25) is 0 Å². The first-order valence-corrected chi connectivity index (χ1v) is 6.76. The summed E-state index contributed by atoms with van der Waals surface area (Å²) in [4.78, 5) is 0. The molecule has 0 spiro atoms. The lowest BCUT2D eigenvalue weighted by Crippen LogP contribution is -2.05. The van der Waals surface area contributed by atoms with Crippen molar-refractivity contribution in [3.05, 3.63) is 57.8 Å². The van der Waals surface area contributed by atoms with Crippen LogP contribution in [0.1, 0.15) is 11.1 Å². The molecule has 0 aliphatic rings. The molecule has 0 atom stereocenters. The van der Waals surface area contributed by atoms with Crippen molar-refractivity contribution < 1.29 is 9.13 Å². The second-order valence-electron chi connectivity index (χ2n) is 4.31. The van der Waals surface area contributed by atoms with Gasteiger partial charge in [-0.25, -0.2) is 4.39 Å². The van der Waals surface area contributed by atoms with Crippen molar-refractivity contribution in [3.8, 4) is 11.5 Å². The Morgan fingerprint density at radius 2 is 2.00 bits per heavy atom. The fourth-order valence-corrected chi connectivity index (χ4v) is 2.05. The molecule has 0 bridgehead atoms. The lowest BCUT2D eigenvalue weighted by Gasteiger charge is -2.10. The van der Waals surface area contributed by atoms with Crippen molar-refractivity contribution in [2.45, 2.75) is 13.5 Å². The van der Waals surface area contributed by atoms with Crippen molar-refractivity contribution in [1.82, 2.24) is 5.32 Å². The van der Waals surface area contributed by atoms with E-state index in [9.17, 15) is 4.39 Å².